The summed E-state index contributed by atoms with van der Waals surface area (Å²) in [4.78, 5) is 21.8. The average Bonchev–Trinajstić information content (AvgIpc) is 2.62. The number of benzene rings is 1. The van der Waals surface area contributed by atoms with Crippen LogP contribution in [-0.2, 0) is 11.3 Å². The van der Waals surface area contributed by atoms with Crippen molar-refractivity contribution in [2.24, 2.45) is 0 Å². The Kier molecular flexibility index (Phi) is 5.01. The third-order valence-corrected chi connectivity index (χ3v) is 4.05. The second kappa shape index (κ2) is 7.56. The molecule has 0 fully saturated rings. The second-order valence-electron chi connectivity index (χ2n) is 4.67. The number of hydrogen-bond donors (Lipinski definition) is 0. The first-order chi connectivity index (χ1) is 11.3. The first kappa shape index (κ1) is 15.2. The highest BCUT2D eigenvalue weighted by molar-refractivity contribution is 7.99. The quantitative estimate of drug-likeness (QED) is 0.665. The minimum absolute atomic E-state index is 0.143. The van der Waals surface area contributed by atoms with E-state index < -0.39 is 5.97 Å². The minimum atomic E-state index is -0.401. The lowest BCUT2D eigenvalue weighted by molar-refractivity contribution is 0.0462. The molecular weight excluding hydrogens is 308 g/mol. The number of nitrogens with zero attached hydrogens (tertiary/aromatic N) is 2. The molecule has 0 saturated heterocycles. The second-order valence-corrected chi connectivity index (χ2v) is 5.73. The molecule has 0 saturated carbocycles. The van der Waals surface area contributed by atoms with Gasteiger partial charge in [0.05, 0.1) is 11.3 Å². The fourth-order valence-corrected chi connectivity index (χ4v) is 2.82. The molecule has 0 N–H and O–H groups in total. The Morgan fingerprint density at radius 3 is 2.48 bits per heavy atom. The summed E-state index contributed by atoms with van der Waals surface area (Å²) in [6.07, 6.45) is 3.34. The van der Waals surface area contributed by atoms with Crippen LogP contribution >= 0.6 is 11.8 Å². The average molecular weight is 322 g/mol. The molecule has 0 aliphatic rings. The monoisotopic (exact) mass is 322 g/mol. The van der Waals surface area contributed by atoms with Crippen molar-refractivity contribution in [3.05, 3.63) is 84.3 Å². The molecule has 0 spiro atoms. The van der Waals surface area contributed by atoms with Crippen LogP contribution in [0.4, 0.5) is 0 Å². The van der Waals surface area contributed by atoms with Crippen molar-refractivity contribution < 1.29 is 9.53 Å². The van der Waals surface area contributed by atoms with E-state index in [0.29, 0.717) is 16.3 Å². The van der Waals surface area contributed by atoms with Gasteiger partial charge in [0.25, 0.3) is 0 Å². The molecule has 4 nitrogen and oxygen atoms in total. The molecule has 0 bridgehead atoms. The Morgan fingerprint density at radius 1 is 0.913 bits per heavy atom. The number of hydrogen-bond acceptors (Lipinski definition) is 5. The first-order valence-electron chi connectivity index (χ1n) is 7.08. The summed E-state index contributed by atoms with van der Waals surface area (Å²) in [5, 5.41) is 0.629. The number of aromatic nitrogens is 2. The minimum Gasteiger partial charge on any atom is -0.456 e. The standard InChI is InChI=1S/C18H14N2O2S/c21-18(22-13-14-7-4-5-11-19-14)16-10-6-12-20-17(16)23-15-8-2-1-3-9-15/h1-12H,13H2. The summed E-state index contributed by atoms with van der Waals surface area (Å²) in [7, 11) is 0. The predicted molar refractivity (Wildman–Crippen MR) is 88.2 cm³/mol. The van der Waals surface area contributed by atoms with Gasteiger partial charge >= 0.3 is 5.97 Å². The molecule has 0 amide bonds. The molecule has 1 aromatic carbocycles. The molecule has 0 atom stereocenters. The molecule has 0 unspecified atom stereocenters. The highest BCUT2D eigenvalue weighted by Crippen LogP contribution is 2.28. The highest BCUT2D eigenvalue weighted by atomic mass is 32.2. The molecule has 0 aliphatic heterocycles. The normalized spacial score (nSPS) is 10.3. The van der Waals surface area contributed by atoms with E-state index in [1.807, 2.05) is 48.5 Å². The van der Waals surface area contributed by atoms with Gasteiger partial charge in [-0.2, -0.15) is 0 Å². The van der Waals surface area contributed by atoms with Gasteiger partial charge in [-0.15, -0.1) is 0 Å². The summed E-state index contributed by atoms with van der Waals surface area (Å²) in [6.45, 7) is 0.143. The predicted octanol–water partition coefficient (Wildman–Crippen LogP) is 3.98. The van der Waals surface area contributed by atoms with Crippen LogP contribution in [0.3, 0.4) is 0 Å². The molecule has 0 aliphatic carbocycles. The molecule has 0 radical (unpaired) electrons. The summed E-state index contributed by atoms with van der Waals surface area (Å²) in [5.74, 6) is -0.401. The van der Waals surface area contributed by atoms with E-state index in [2.05, 4.69) is 9.97 Å². The van der Waals surface area contributed by atoms with Crippen molar-refractivity contribution in [2.45, 2.75) is 16.5 Å². The van der Waals surface area contributed by atoms with E-state index >= 15 is 0 Å². The Balaban J connectivity index is 1.73. The van der Waals surface area contributed by atoms with Gasteiger partial charge in [0.1, 0.15) is 11.6 Å². The zero-order chi connectivity index (χ0) is 15.9. The Hall–Kier alpha value is -2.66. The summed E-state index contributed by atoms with van der Waals surface area (Å²) < 4.78 is 5.34. The van der Waals surface area contributed by atoms with Crippen molar-refractivity contribution in [2.75, 3.05) is 0 Å². The van der Waals surface area contributed by atoms with Crippen molar-refractivity contribution >= 4 is 17.7 Å². The van der Waals surface area contributed by atoms with Crippen LogP contribution in [0.25, 0.3) is 0 Å². The van der Waals surface area contributed by atoms with Crippen LogP contribution < -0.4 is 0 Å². The van der Waals surface area contributed by atoms with Crippen molar-refractivity contribution in [3.8, 4) is 0 Å². The van der Waals surface area contributed by atoms with E-state index in [4.69, 9.17) is 4.74 Å². The molecule has 2 aromatic heterocycles. The van der Waals surface area contributed by atoms with Gasteiger partial charge < -0.3 is 4.74 Å². The van der Waals surface area contributed by atoms with Crippen LogP contribution in [0.15, 0.2) is 83.0 Å². The van der Waals surface area contributed by atoms with E-state index in [9.17, 15) is 4.79 Å². The van der Waals surface area contributed by atoms with Gasteiger partial charge in [-0.1, -0.05) is 36.0 Å². The van der Waals surface area contributed by atoms with Crippen LogP contribution in [0.5, 0.6) is 0 Å². The molecule has 114 valence electrons. The van der Waals surface area contributed by atoms with E-state index in [1.165, 1.54) is 11.8 Å². The Labute approximate surface area is 138 Å². The summed E-state index contributed by atoms with van der Waals surface area (Å²) in [6, 6.07) is 18.7. The molecule has 3 aromatic rings. The lowest BCUT2D eigenvalue weighted by Crippen LogP contribution is -2.08. The molecule has 23 heavy (non-hydrogen) atoms. The fourth-order valence-electron chi connectivity index (χ4n) is 1.93. The lowest BCUT2D eigenvalue weighted by Gasteiger charge is -2.08. The zero-order valence-electron chi connectivity index (χ0n) is 12.3. The fraction of sp³-hybridized carbons (Fsp3) is 0.0556. The van der Waals surface area contributed by atoms with E-state index in [0.717, 1.165) is 4.90 Å². The van der Waals surface area contributed by atoms with E-state index in [-0.39, 0.29) is 6.61 Å². The summed E-state index contributed by atoms with van der Waals surface area (Å²) >= 11 is 1.44. The van der Waals surface area contributed by atoms with Gasteiger partial charge in [0.2, 0.25) is 0 Å². The van der Waals surface area contributed by atoms with Gasteiger partial charge in [0.15, 0.2) is 0 Å². The highest BCUT2D eigenvalue weighted by Gasteiger charge is 2.15. The maximum Gasteiger partial charge on any atom is 0.341 e. The van der Waals surface area contributed by atoms with Crippen LogP contribution in [0.1, 0.15) is 16.1 Å². The van der Waals surface area contributed by atoms with Gasteiger partial charge in [-0.3, -0.25) is 4.98 Å². The maximum atomic E-state index is 12.3. The smallest absolute Gasteiger partial charge is 0.341 e. The number of esters is 1. The van der Waals surface area contributed by atoms with Crippen molar-refractivity contribution in [1.29, 1.82) is 0 Å². The van der Waals surface area contributed by atoms with Crippen molar-refractivity contribution in [3.63, 3.8) is 0 Å². The number of pyridine rings is 2. The number of ether oxygens (including phenoxy) is 1. The van der Waals surface area contributed by atoms with Crippen LogP contribution in [0.2, 0.25) is 0 Å². The molecular formula is C18H14N2O2S. The van der Waals surface area contributed by atoms with Crippen molar-refractivity contribution in [1.82, 2.24) is 9.97 Å². The van der Waals surface area contributed by atoms with Gasteiger partial charge in [-0.25, -0.2) is 9.78 Å². The molecule has 5 heteroatoms. The number of rotatable bonds is 5. The zero-order valence-corrected chi connectivity index (χ0v) is 13.1. The van der Waals surface area contributed by atoms with Gasteiger partial charge in [-0.05, 0) is 36.4 Å². The van der Waals surface area contributed by atoms with Gasteiger partial charge in [0, 0.05) is 17.3 Å². The Bertz CT molecular complexity index is 779. The molecule has 2 heterocycles. The van der Waals surface area contributed by atoms with Crippen LogP contribution in [0, 0.1) is 0 Å². The molecule has 3 rings (SSSR count). The largest absolute Gasteiger partial charge is 0.456 e. The topological polar surface area (TPSA) is 52.1 Å². The van der Waals surface area contributed by atoms with E-state index in [1.54, 1.807) is 24.5 Å². The third-order valence-electron chi connectivity index (χ3n) is 3.03. The SMILES string of the molecule is O=C(OCc1ccccn1)c1cccnc1Sc1ccccc1. The maximum absolute atomic E-state index is 12.3. The third kappa shape index (κ3) is 4.17. The Morgan fingerprint density at radius 2 is 1.70 bits per heavy atom. The lowest BCUT2D eigenvalue weighted by atomic mass is 10.3. The number of carbonyl (C=O) groups excluding carboxylic acids is 1. The first-order valence-corrected chi connectivity index (χ1v) is 7.89. The van der Waals surface area contributed by atoms with Crippen LogP contribution in [-0.4, -0.2) is 15.9 Å². The summed E-state index contributed by atoms with van der Waals surface area (Å²) in [5.41, 5.74) is 1.17. The number of carbonyl (C=O) groups is 1.